The first-order valence-corrected chi connectivity index (χ1v) is 7.41. The average Bonchev–Trinajstić information content (AvgIpc) is 2.29. The summed E-state index contributed by atoms with van der Waals surface area (Å²) in [6.45, 7) is 3.74. The highest BCUT2D eigenvalue weighted by molar-refractivity contribution is 7.89. The van der Waals surface area contributed by atoms with Gasteiger partial charge in [-0.2, -0.15) is 0 Å². The molecule has 102 valence electrons. The molecule has 0 fully saturated rings. The standard InChI is InChI=1S/C12H19FN2O2S/c1-9-4-5-11(8-12(9)13)10(2)15-18(16,17)7-6-14-3/h4-5,8,10,14-15H,6-7H2,1-3H3. The quantitative estimate of drug-likeness (QED) is 0.823. The van der Waals surface area contributed by atoms with Gasteiger partial charge in [-0.1, -0.05) is 12.1 Å². The Labute approximate surface area is 108 Å². The number of hydrogen-bond acceptors (Lipinski definition) is 3. The van der Waals surface area contributed by atoms with Crippen LogP contribution >= 0.6 is 0 Å². The predicted octanol–water partition coefficient (Wildman–Crippen LogP) is 1.33. The van der Waals surface area contributed by atoms with Gasteiger partial charge in [-0.05, 0) is 38.1 Å². The van der Waals surface area contributed by atoms with E-state index in [9.17, 15) is 12.8 Å². The van der Waals surface area contributed by atoms with Gasteiger partial charge in [-0.25, -0.2) is 17.5 Å². The zero-order valence-corrected chi connectivity index (χ0v) is 11.6. The van der Waals surface area contributed by atoms with Crippen molar-refractivity contribution in [3.05, 3.63) is 35.1 Å². The largest absolute Gasteiger partial charge is 0.319 e. The van der Waals surface area contributed by atoms with Crippen LogP contribution in [0.25, 0.3) is 0 Å². The molecule has 0 radical (unpaired) electrons. The van der Waals surface area contributed by atoms with Gasteiger partial charge in [0.2, 0.25) is 10.0 Å². The van der Waals surface area contributed by atoms with Gasteiger partial charge in [0.1, 0.15) is 5.82 Å². The predicted molar refractivity (Wildman–Crippen MR) is 70.4 cm³/mol. The number of benzene rings is 1. The van der Waals surface area contributed by atoms with Gasteiger partial charge >= 0.3 is 0 Å². The Bertz CT molecular complexity index is 503. The second kappa shape index (κ2) is 6.26. The molecule has 1 atom stereocenters. The Kier molecular flexibility index (Phi) is 5.25. The lowest BCUT2D eigenvalue weighted by Crippen LogP contribution is -2.32. The first kappa shape index (κ1) is 15.1. The first-order valence-electron chi connectivity index (χ1n) is 5.76. The van der Waals surface area contributed by atoms with Crippen LogP contribution in [0.5, 0.6) is 0 Å². The van der Waals surface area contributed by atoms with Crippen LogP contribution in [0.2, 0.25) is 0 Å². The van der Waals surface area contributed by atoms with Crippen LogP contribution in [0.1, 0.15) is 24.1 Å². The highest BCUT2D eigenvalue weighted by Crippen LogP contribution is 2.16. The number of rotatable bonds is 6. The van der Waals surface area contributed by atoms with Gasteiger partial charge in [0.15, 0.2) is 0 Å². The van der Waals surface area contributed by atoms with Crippen LogP contribution in [0.3, 0.4) is 0 Å². The Balaban J connectivity index is 2.75. The molecule has 6 heteroatoms. The molecular formula is C12H19FN2O2S. The van der Waals surface area contributed by atoms with Crippen molar-refractivity contribution in [2.45, 2.75) is 19.9 Å². The van der Waals surface area contributed by atoms with Crippen molar-refractivity contribution in [1.29, 1.82) is 0 Å². The molecule has 0 saturated carbocycles. The second-order valence-electron chi connectivity index (χ2n) is 4.27. The monoisotopic (exact) mass is 274 g/mol. The Morgan fingerprint density at radius 2 is 2.06 bits per heavy atom. The minimum atomic E-state index is -3.35. The minimum absolute atomic E-state index is 0.00217. The number of nitrogens with one attached hydrogen (secondary N) is 2. The Hall–Kier alpha value is -0.980. The van der Waals surface area contributed by atoms with Crippen molar-refractivity contribution in [2.75, 3.05) is 19.3 Å². The maximum absolute atomic E-state index is 13.4. The molecule has 1 aromatic rings. The lowest BCUT2D eigenvalue weighted by molar-refractivity contribution is 0.562. The Morgan fingerprint density at radius 1 is 1.39 bits per heavy atom. The van der Waals surface area contributed by atoms with Crippen molar-refractivity contribution >= 4 is 10.0 Å². The number of halogens is 1. The van der Waals surface area contributed by atoms with Crippen molar-refractivity contribution in [3.8, 4) is 0 Å². The molecule has 0 saturated heterocycles. The summed E-state index contributed by atoms with van der Waals surface area (Å²) in [4.78, 5) is 0. The van der Waals surface area contributed by atoms with Crippen molar-refractivity contribution in [1.82, 2.24) is 10.0 Å². The highest BCUT2D eigenvalue weighted by Gasteiger charge is 2.15. The lowest BCUT2D eigenvalue weighted by Gasteiger charge is -2.15. The fraction of sp³-hybridized carbons (Fsp3) is 0.500. The van der Waals surface area contributed by atoms with Crippen LogP contribution in [-0.4, -0.2) is 27.8 Å². The topological polar surface area (TPSA) is 58.2 Å². The van der Waals surface area contributed by atoms with E-state index in [0.717, 1.165) is 0 Å². The minimum Gasteiger partial charge on any atom is -0.319 e. The molecule has 0 aliphatic carbocycles. The summed E-state index contributed by atoms with van der Waals surface area (Å²) in [7, 11) is -1.66. The van der Waals surface area contributed by atoms with E-state index in [1.54, 1.807) is 33.0 Å². The summed E-state index contributed by atoms with van der Waals surface area (Å²) >= 11 is 0. The van der Waals surface area contributed by atoms with E-state index < -0.39 is 16.1 Å². The highest BCUT2D eigenvalue weighted by atomic mass is 32.2. The fourth-order valence-corrected chi connectivity index (χ4v) is 2.78. The average molecular weight is 274 g/mol. The summed E-state index contributed by atoms with van der Waals surface area (Å²) in [6.07, 6.45) is 0. The molecule has 0 spiro atoms. The molecule has 0 aliphatic rings. The van der Waals surface area contributed by atoms with Gasteiger partial charge in [0.25, 0.3) is 0 Å². The normalized spacial score (nSPS) is 13.6. The molecule has 0 amide bonds. The summed E-state index contributed by atoms with van der Waals surface area (Å²) in [5, 5.41) is 2.77. The zero-order chi connectivity index (χ0) is 13.8. The molecule has 1 rings (SSSR count). The summed E-state index contributed by atoms with van der Waals surface area (Å²) in [5.74, 6) is -0.323. The third-order valence-electron chi connectivity index (χ3n) is 2.67. The van der Waals surface area contributed by atoms with Gasteiger partial charge < -0.3 is 5.32 Å². The lowest BCUT2D eigenvalue weighted by atomic mass is 10.1. The fourth-order valence-electron chi connectivity index (χ4n) is 1.51. The van der Waals surface area contributed by atoms with Crippen LogP contribution < -0.4 is 10.0 Å². The van der Waals surface area contributed by atoms with Crippen LogP contribution in [0.15, 0.2) is 18.2 Å². The molecular weight excluding hydrogens is 255 g/mol. The number of hydrogen-bond donors (Lipinski definition) is 2. The van der Waals surface area contributed by atoms with E-state index in [2.05, 4.69) is 10.0 Å². The van der Waals surface area contributed by atoms with Gasteiger partial charge in [0.05, 0.1) is 5.75 Å². The molecule has 0 aromatic heterocycles. The van der Waals surface area contributed by atoms with E-state index in [1.165, 1.54) is 6.07 Å². The Morgan fingerprint density at radius 3 is 2.61 bits per heavy atom. The molecule has 4 nitrogen and oxygen atoms in total. The molecule has 1 unspecified atom stereocenters. The van der Waals surface area contributed by atoms with E-state index in [1.807, 2.05) is 0 Å². The SMILES string of the molecule is CNCCS(=O)(=O)NC(C)c1ccc(C)c(F)c1. The van der Waals surface area contributed by atoms with Gasteiger partial charge in [0, 0.05) is 12.6 Å². The number of aryl methyl sites for hydroxylation is 1. The molecule has 0 heterocycles. The maximum Gasteiger partial charge on any atom is 0.213 e. The van der Waals surface area contributed by atoms with Crippen molar-refractivity contribution < 1.29 is 12.8 Å². The van der Waals surface area contributed by atoms with E-state index >= 15 is 0 Å². The van der Waals surface area contributed by atoms with E-state index in [4.69, 9.17) is 0 Å². The van der Waals surface area contributed by atoms with Crippen molar-refractivity contribution in [2.24, 2.45) is 0 Å². The third-order valence-corrected chi connectivity index (χ3v) is 4.13. The summed E-state index contributed by atoms with van der Waals surface area (Å²) < 4.78 is 39.3. The molecule has 0 aliphatic heterocycles. The summed E-state index contributed by atoms with van der Waals surface area (Å²) in [6, 6.07) is 4.29. The van der Waals surface area contributed by atoms with Gasteiger partial charge in [-0.3, -0.25) is 0 Å². The van der Waals surface area contributed by atoms with Crippen LogP contribution in [-0.2, 0) is 10.0 Å². The molecule has 1 aromatic carbocycles. The molecule has 2 N–H and O–H groups in total. The van der Waals surface area contributed by atoms with E-state index in [-0.39, 0.29) is 11.6 Å². The smallest absolute Gasteiger partial charge is 0.213 e. The zero-order valence-electron chi connectivity index (χ0n) is 10.8. The second-order valence-corrected chi connectivity index (χ2v) is 6.14. The van der Waals surface area contributed by atoms with Crippen molar-refractivity contribution in [3.63, 3.8) is 0 Å². The van der Waals surface area contributed by atoms with Gasteiger partial charge in [-0.15, -0.1) is 0 Å². The molecule has 0 bridgehead atoms. The maximum atomic E-state index is 13.4. The van der Waals surface area contributed by atoms with E-state index in [0.29, 0.717) is 17.7 Å². The summed E-state index contributed by atoms with van der Waals surface area (Å²) in [5.41, 5.74) is 1.16. The molecule has 18 heavy (non-hydrogen) atoms. The first-order chi connectivity index (χ1) is 8.35. The van der Waals surface area contributed by atoms with Crippen LogP contribution in [0.4, 0.5) is 4.39 Å². The third kappa shape index (κ3) is 4.36. The van der Waals surface area contributed by atoms with Crippen LogP contribution in [0, 0.1) is 12.7 Å². The number of sulfonamides is 1.